The summed E-state index contributed by atoms with van der Waals surface area (Å²) >= 11 is 0. The standard InChI is InChI=1S/C20H16N6O4S/c1-13-9-10-21-12-18(13)24-19-20(23-17-8-3-2-7-16(17)22-19)25-31(29,30)15-6-4-5-14(11-15)26(27)28/h2-12H,1H3,(H,22,24)(H,23,25). The Hall–Kier alpha value is -4.12. The summed E-state index contributed by atoms with van der Waals surface area (Å²) in [5.41, 5.74) is 2.20. The van der Waals surface area contributed by atoms with Crippen LogP contribution in [0.3, 0.4) is 0 Å². The van der Waals surface area contributed by atoms with E-state index in [-0.39, 0.29) is 22.2 Å². The van der Waals surface area contributed by atoms with Crippen LogP contribution in [0, 0.1) is 17.0 Å². The maximum atomic E-state index is 12.9. The van der Waals surface area contributed by atoms with Gasteiger partial charge < -0.3 is 5.32 Å². The number of pyridine rings is 1. The molecule has 0 aliphatic carbocycles. The Morgan fingerprint density at radius 2 is 1.68 bits per heavy atom. The summed E-state index contributed by atoms with van der Waals surface area (Å²) in [5, 5.41) is 14.1. The lowest BCUT2D eigenvalue weighted by Crippen LogP contribution is -2.16. The highest BCUT2D eigenvalue weighted by Gasteiger charge is 2.21. The maximum absolute atomic E-state index is 12.9. The molecule has 0 saturated carbocycles. The van der Waals surface area contributed by atoms with Crippen molar-refractivity contribution in [1.29, 1.82) is 0 Å². The van der Waals surface area contributed by atoms with Gasteiger partial charge in [0.05, 0.1) is 32.7 Å². The van der Waals surface area contributed by atoms with Crippen LogP contribution in [0.2, 0.25) is 0 Å². The van der Waals surface area contributed by atoms with Crippen molar-refractivity contribution >= 4 is 44.1 Å². The zero-order valence-electron chi connectivity index (χ0n) is 16.2. The Kier molecular flexibility index (Phi) is 5.17. The number of aromatic nitrogens is 3. The van der Waals surface area contributed by atoms with E-state index in [1.165, 1.54) is 18.2 Å². The fraction of sp³-hybridized carbons (Fsp3) is 0.0500. The third kappa shape index (κ3) is 4.26. The molecule has 2 heterocycles. The second kappa shape index (κ2) is 7.95. The molecule has 0 spiro atoms. The van der Waals surface area contributed by atoms with E-state index in [0.29, 0.717) is 16.7 Å². The van der Waals surface area contributed by atoms with E-state index in [0.717, 1.165) is 11.6 Å². The van der Waals surface area contributed by atoms with Gasteiger partial charge in [-0.1, -0.05) is 18.2 Å². The van der Waals surface area contributed by atoms with Crippen molar-refractivity contribution < 1.29 is 13.3 Å². The summed E-state index contributed by atoms with van der Waals surface area (Å²) in [6.45, 7) is 1.87. The average molecular weight is 436 g/mol. The molecular weight excluding hydrogens is 420 g/mol. The highest BCUT2D eigenvalue weighted by atomic mass is 32.2. The fourth-order valence-electron chi connectivity index (χ4n) is 2.83. The number of non-ortho nitro benzene ring substituents is 1. The van der Waals surface area contributed by atoms with E-state index in [1.54, 1.807) is 42.7 Å². The number of fused-ring (bicyclic) bond motifs is 1. The number of benzene rings is 2. The number of anilines is 3. The number of aryl methyl sites for hydroxylation is 1. The van der Waals surface area contributed by atoms with E-state index in [2.05, 4.69) is 25.0 Å². The first-order valence-corrected chi connectivity index (χ1v) is 10.5. The van der Waals surface area contributed by atoms with Crippen molar-refractivity contribution in [3.63, 3.8) is 0 Å². The molecule has 2 N–H and O–H groups in total. The second-order valence-corrected chi connectivity index (χ2v) is 8.27. The van der Waals surface area contributed by atoms with Gasteiger partial charge in [0, 0.05) is 18.3 Å². The van der Waals surface area contributed by atoms with Crippen LogP contribution in [0.25, 0.3) is 11.0 Å². The van der Waals surface area contributed by atoms with Gasteiger partial charge in [0.2, 0.25) is 0 Å². The number of nitrogens with one attached hydrogen (secondary N) is 2. The van der Waals surface area contributed by atoms with E-state index >= 15 is 0 Å². The lowest BCUT2D eigenvalue weighted by atomic mass is 10.2. The number of nitrogens with zero attached hydrogens (tertiary/aromatic N) is 4. The molecule has 2 aromatic carbocycles. The number of para-hydroxylation sites is 2. The second-order valence-electron chi connectivity index (χ2n) is 6.59. The van der Waals surface area contributed by atoms with Gasteiger partial charge >= 0.3 is 0 Å². The molecule has 4 aromatic rings. The molecule has 0 amide bonds. The zero-order valence-corrected chi connectivity index (χ0v) is 17.0. The van der Waals surface area contributed by atoms with Crippen LogP contribution < -0.4 is 10.0 Å². The smallest absolute Gasteiger partial charge is 0.270 e. The largest absolute Gasteiger partial charge is 0.336 e. The maximum Gasteiger partial charge on any atom is 0.270 e. The Bertz CT molecular complexity index is 1410. The summed E-state index contributed by atoms with van der Waals surface area (Å²) in [7, 11) is -4.18. The molecule has 4 rings (SSSR count). The minimum Gasteiger partial charge on any atom is -0.336 e. The SMILES string of the molecule is Cc1ccncc1Nc1nc2ccccc2nc1NS(=O)(=O)c1cccc([N+](=O)[O-])c1. The summed E-state index contributed by atoms with van der Waals surface area (Å²) in [6, 6.07) is 13.6. The summed E-state index contributed by atoms with van der Waals surface area (Å²) in [4.78, 5) is 23.1. The van der Waals surface area contributed by atoms with Gasteiger partial charge in [0.1, 0.15) is 0 Å². The number of rotatable bonds is 6. The number of sulfonamides is 1. The molecule has 11 heteroatoms. The van der Waals surface area contributed by atoms with Crippen molar-refractivity contribution in [2.75, 3.05) is 10.0 Å². The number of hydrogen-bond donors (Lipinski definition) is 2. The minimum absolute atomic E-state index is 0.0477. The molecular formula is C20H16N6O4S. The Morgan fingerprint density at radius 3 is 2.35 bits per heavy atom. The fourth-order valence-corrected chi connectivity index (χ4v) is 3.88. The molecule has 0 saturated heterocycles. The van der Waals surface area contributed by atoms with Gasteiger partial charge in [-0.15, -0.1) is 0 Å². The molecule has 31 heavy (non-hydrogen) atoms. The first kappa shape index (κ1) is 20.2. The Labute approximate surface area is 177 Å². The van der Waals surface area contributed by atoms with Gasteiger partial charge in [0.25, 0.3) is 15.7 Å². The molecule has 0 radical (unpaired) electrons. The van der Waals surface area contributed by atoms with Crippen LogP contribution in [0.1, 0.15) is 5.56 Å². The lowest BCUT2D eigenvalue weighted by molar-refractivity contribution is -0.385. The van der Waals surface area contributed by atoms with Crippen LogP contribution in [0.5, 0.6) is 0 Å². The van der Waals surface area contributed by atoms with Gasteiger partial charge in [-0.3, -0.25) is 19.8 Å². The van der Waals surface area contributed by atoms with Crippen molar-refractivity contribution in [3.05, 3.63) is 82.7 Å². The molecule has 0 bridgehead atoms. The van der Waals surface area contributed by atoms with Crippen LogP contribution in [0.4, 0.5) is 23.0 Å². The van der Waals surface area contributed by atoms with Crippen molar-refractivity contribution in [3.8, 4) is 0 Å². The summed E-state index contributed by atoms with van der Waals surface area (Å²) in [5.74, 6) is 0.122. The summed E-state index contributed by atoms with van der Waals surface area (Å²) < 4.78 is 28.3. The minimum atomic E-state index is -4.18. The quantitative estimate of drug-likeness (QED) is 0.344. The number of hydrogen-bond acceptors (Lipinski definition) is 8. The Balaban J connectivity index is 1.79. The van der Waals surface area contributed by atoms with Crippen molar-refractivity contribution in [2.45, 2.75) is 11.8 Å². The Morgan fingerprint density at radius 1 is 0.968 bits per heavy atom. The van der Waals surface area contributed by atoms with Gasteiger partial charge in [-0.2, -0.15) is 0 Å². The van der Waals surface area contributed by atoms with E-state index in [9.17, 15) is 18.5 Å². The van der Waals surface area contributed by atoms with E-state index in [1.807, 2.05) is 6.92 Å². The normalized spacial score (nSPS) is 11.3. The average Bonchev–Trinajstić information content (AvgIpc) is 2.75. The molecule has 0 aliphatic heterocycles. The topological polar surface area (TPSA) is 140 Å². The van der Waals surface area contributed by atoms with Gasteiger partial charge in [-0.25, -0.2) is 18.4 Å². The molecule has 0 unspecified atom stereocenters. The monoisotopic (exact) mass is 436 g/mol. The zero-order chi connectivity index (χ0) is 22.0. The van der Waals surface area contributed by atoms with E-state index in [4.69, 9.17) is 0 Å². The summed E-state index contributed by atoms with van der Waals surface area (Å²) in [6.07, 6.45) is 3.23. The van der Waals surface area contributed by atoms with Crippen LogP contribution in [-0.2, 0) is 10.0 Å². The predicted molar refractivity (Wildman–Crippen MR) is 116 cm³/mol. The molecule has 10 nitrogen and oxygen atoms in total. The molecule has 2 aromatic heterocycles. The van der Waals surface area contributed by atoms with Crippen LogP contribution >= 0.6 is 0 Å². The third-order valence-electron chi connectivity index (χ3n) is 4.43. The lowest BCUT2D eigenvalue weighted by Gasteiger charge is -2.14. The predicted octanol–water partition coefficient (Wildman–Crippen LogP) is 3.79. The number of nitro benzene ring substituents is 1. The molecule has 0 aliphatic rings. The highest BCUT2D eigenvalue weighted by molar-refractivity contribution is 7.92. The molecule has 156 valence electrons. The van der Waals surface area contributed by atoms with E-state index < -0.39 is 14.9 Å². The molecule has 0 fully saturated rings. The number of nitro groups is 1. The van der Waals surface area contributed by atoms with Gasteiger partial charge in [-0.05, 0) is 36.8 Å². The first-order valence-electron chi connectivity index (χ1n) is 9.05. The third-order valence-corrected chi connectivity index (χ3v) is 5.77. The first-order chi connectivity index (χ1) is 14.8. The van der Waals surface area contributed by atoms with Crippen molar-refractivity contribution in [2.24, 2.45) is 0 Å². The van der Waals surface area contributed by atoms with Crippen LogP contribution in [-0.4, -0.2) is 28.3 Å². The van der Waals surface area contributed by atoms with Crippen molar-refractivity contribution in [1.82, 2.24) is 15.0 Å². The van der Waals surface area contributed by atoms with Gasteiger partial charge in [0.15, 0.2) is 11.6 Å². The highest BCUT2D eigenvalue weighted by Crippen LogP contribution is 2.28. The molecule has 0 atom stereocenters. The van der Waals surface area contributed by atoms with Crippen LogP contribution in [0.15, 0.2) is 71.9 Å².